The van der Waals surface area contributed by atoms with Crippen LogP contribution < -0.4 is 0 Å². The van der Waals surface area contributed by atoms with E-state index in [0.29, 0.717) is 6.07 Å². The molecule has 0 heterocycles. The van der Waals surface area contributed by atoms with Crippen molar-refractivity contribution in [1.29, 1.82) is 0 Å². The maximum atomic E-state index is 13.5. The van der Waals surface area contributed by atoms with Crippen LogP contribution in [0.5, 0.6) is 0 Å². The first-order valence-corrected chi connectivity index (χ1v) is 6.23. The zero-order valence-corrected chi connectivity index (χ0v) is 11.5. The molecule has 0 aliphatic carbocycles. The van der Waals surface area contributed by atoms with Gasteiger partial charge in [0.1, 0.15) is 6.61 Å². The van der Waals surface area contributed by atoms with Crippen LogP contribution in [0.25, 0.3) is 0 Å². The Morgan fingerprint density at radius 1 is 1.04 bits per heavy atom. The van der Waals surface area contributed by atoms with Crippen molar-refractivity contribution in [3.8, 4) is 0 Å². The number of esters is 1. The Morgan fingerprint density at radius 3 is 2.30 bits per heavy atom. The minimum Gasteiger partial charge on any atom is -0.457 e. The average Bonchev–Trinajstić information content (AvgIpc) is 2.52. The Kier molecular flexibility index (Phi) is 4.60. The number of hydrogen-bond donors (Lipinski definition) is 0. The standard InChI is InChI=1S/C14H9FN2O6/c15-11-7-9(5-6-13(11)17(21)22)14(18)23-8-10-3-1-2-4-12(10)16(19)20/h1-7H,8H2. The van der Waals surface area contributed by atoms with Crippen LogP contribution in [0.1, 0.15) is 15.9 Å². The lowest BCUT2D eigenvalue weighted by atomic mass is 10.2. The van der Waals surface area contributed by atoms with Crippen molar-refractivity contribution in [2.45, 2.75) is 6.61 Å². The number of carbonyl (C=O) groups excluding carboxylic acids is 1. The molecule has 8 nitrogen and oxygen atoms in total. The molecule has 23 heavy (non-hydrogen) atoms. The summed E-state index contributed by atoms with van der Waals surface area (Å²) in [7, 11) is 0. The number of nitro groups is 2. The van der Waals surface area contributed by atoms with E-state index in [9.17, 15) is 29.4 Å². The molecule has 0 saturated heterocycles. The van der Waals surface area contributed by atoms with Gasteiger partial charge in [0.25, 0.3) is 5.69 Å². The van der Waals surface area contributed by atoms with Crippen LogP contribution in [0.3, 0.4) is 0 Å². The lowest BCUT2D eigenvalue weighted by molar-refractivity contribution is -0.387. The monoisotopic (exact) mass is 320 g/mol. The highest BCUT2D eigenvalue weighted by Gasteiger charge is 2.19. The molecule has 2 aromatic carbocycles. The number of hydrogen-bond acceptors (Lipinski definition) is 6. The van der Waals surface area contributed by atoms with Gasteiger partial charge in [0.2, 0.25) is 5.82 Å². The summed E-state index contributed by atoms with van der Waals surface area (Å²) < 4.78 is 18.3. The highest BCUT2D eigenvalue weighted by molar-refractivity contribution is 5.89. The molecule has 0 N–H and O–H groups in total. The van der Waals surface area contributed by atoms with Crippen molar-refractivity contribution in [1.82, 2.24) is 0 Å². The summed E-state index contributed by atoms with van der Waals surface area (Å²) in [5, 5.41) is 21.3. The molecule has 0 radical (unpaired) electrons. The topological polar surface area (TPSA) is 113 Å². The highest BCUT2D eigenvalue weighted by Crippen LogP contribution is 2.21. The van der Waals surface area contributed by atoms with Crippen LogP contribution in [0, 0.1) is 26.0 Å². The average molecular weight is 320 g/mol. The lowest BCUT2D eigenvalue weighted by Crippen LogP contribution is -2.07. The number of para-hydroxylation sites is 1. The van der Waals surface area contributed by atoms with Gasteiger partial charge < -0.3 is 4.74 Å². The number of benzene rings is 2. The van der Waals surface area contributed by atoms with E-state index in [-0.39, 0.29) is 23.4 Å². The van der Waals surface area contributed by atoms with Gasteiger partial charge in [-0.2, -0.15) is 4.39 Å². The molecular weight excluding hydrogens is 311 g/mol. The highest BCUT2D eigenvalue weighted by atomic mass is 19.1. The second kappa shape index (κ2) is 6.60. The van der Waals surface area contributed by atoms with Gasteiger partial charge in [-0.3, -0.25) is 20.2 Å². The Hall–Kier alpha value is -3.36. The Morgan fingerprint density at radius 2 is 1.70 bits per heavy atom. The number of carbonyl (C=O) groups is 1. The van der Waals surface area contributed by atoms with Gasteiger partial charge >= 0.3 is 11.7 Å². The van der Waals surface area contributed by atoms with E-state index in [4.69, 9.17) is 4.74 Å². The molecule has 9 heteroatoms. The van der Waals surface area contributed by atoms with Crippen LogP contribution in [0.15, 0.2) is 42.5 Å². The fourth-order valence-electron chi connectivity index (χ4n) is 1.82. The fourth-order valence-corrected chi connectivity index (χ4v) is 1.82. The summed E-state index contributed by atoms with van der Waals surface area (Å²) in [5.41, 5.74) is -1.03. The summed E-state index contributed by atoms with van der Waals surface area (Å²) in [5.74, 6) is -2.12. The molecule has 0 unspecified atom stereocenters. The van der Waals surface area contributed by atoms with Gasteiger partial charge in [-0.05, 0) is 18.2 Å². The van der Waals surface area contributed by atoms with Gasteiger partial charge in [0.15, 0.2) is 0 Å². The van der Waals surface area contributed by atoms with Gasteiger partial charge in [0, 0.05) is 12.1 Å². The molecule has 2 rings (SSSR count). The molecule has 0 saturated carbocycles. The number of nitrogens with zero attached hydrogens (tertiary/aromatic N) is 2. The molecule has 0 bridgehead atoms. The molecule has 0 atom stereocenters. The van der Waals surface area contributed by atoms with E-state index in [2.05, 4.69) is 0 Å². The van der Waals surface area contributed by atoms with Crippen LogP contribution in [0.4, 0.5) is 15.8 Å². The van der Waals surface area contributed by atoms with Crippen molar-refractivity contribution >= 4 is 17.3 Å². The van der Waals surface area contributed by atoms with Crippen LogP contribution >= 0.6 is 0 Å². The van der Waals surface area contributed by atoms with E-state index >= 15 is 0 Å². The fraction of sp³-hybridized carbons (Fsp3) is 0.0714. The second-order valence-corrected chi connectivity index (χ2v) is 4.39. The van der Waals surface area contributed by atoms with Gasteiger partial charge in [0.05, 0.1) is 21.0 Å². The molecule has 0 spiro atoms. The first kappa shape index (κ1) is 16.0. The molecule has 0 aliphatic rings. The first-order valence-electron chi connectivity index (χ1n) is 6.23. The predicted molar refractivity (Wildman–Crippen MR) is 75.3 cm³/mol. The van der Waals surface area contributed by atoms with Gasteiger partial charge in [-0.1, -0.05) is 12.1 Å². The molecule has 118 valence electrons. The molecule has 0 amide bonds. The quantitative estimate of drug-likeness (QED) is 0.475. The van der Waals surface area contributed by atoms with Crippen molar-refractivity contribution in [3.63, 3.8) is 0 Å². The summed E-state index contributed by atoms with van der Waals surface area (Å²) in [6, 6.07) is 8.26. The number of ether oxygens (including phenoxy) is 1. The summed E-state index contributed by atoms with van der Waals surface area (Å²) in [6.45, 7) is -0.380. The third-order valence-corrected chi connectivity index (χ3v) is 2.93. The lowest BCUT2D eigenvalue weighted by Gasteiger charge is -2.06. The van der Waals surface area contributed by atoms with Crippen molar-refractivity contribution in [2.24, 2.45) is 0 Å². The third kappa shape index (κ3) is 3.64. The largest absolute Gasteiger partial charge is 0.457 e. The van der Waals surface area contributed by atoms with Crippen molar-refractivity contribution in [2.75, 3.05) is 0 Å². The number of rotatable bonds is 5. The molecule has 0 aliphatic heterocycles. The summed E-state index contributed by atoms with van der Waals surface area (Å²) >= 11 is 0. The van der Waals surface area contributed by atoms with Gasteiger partial charge in [-0.15, -0.1) is 0 Å². The Labute approximate surface area is 128 Å². The zero-order valence-electron chi connectivity index (χ0n) is 11.5. The maximum absolute atomic E-state index is 13.5. The van der Waals surface area contributed by atoms with Crippen LogP contribution in [-0.4, -0.2) is 15.8 Å². The smallest absolute Gasteiger partial charge is 0.338 e. The molecule has 0 aromatic heterocycles. The minimum atomic E-state index is -1.17. The normalized spacial score (nSPS) is 10.1. The zero-order chi connectivity index (χ0) is 17.0. The predicted octanol–water partition coefficient (Wildman–Crippen LogP) is 3.00. The van der Waals surface area contributed by atoms with E-state index in [1.807, 2.05) is 0 Å². The van der Waals surface area contributed by atoms with E-state index in [1.165, 1.54) is 18.2 Å². The SMILES string of the molecule is O=C(OCc1ccccc1[N+](=O)[O-])c1ccc([N+](=O)[O-])c(F)c1. The van der Waals surface area contributed by atoms with Crippen molar-refractivity contribution in [3.05, 3.63) is 79.6 Å². The van der Waals surface area contributed by atoms with Crippen LogP contribution in [0.2, 0.25) is 0 Å². The first-order chi connectivity index (χ1) is 10.9. The Bertz CT molecular complexity index is 793. The maximum Gasteiger partial charge on any atom is 0.338 e. The molecule has 0 fully saturated rings. The second-order valence-electron chi connectivity index (χ2n) is 4.39. The van der Waals surface area contributed by atoms with E-state index in [0.717, 1.165) is 12.1 Å². The van der Waals surface area contributed by atoms with Crippen LogP contribution in [-0.2, 0) is 11.3 Å². The molecule has 2 aromatic rings. The van der Waals surface area contributed by atoms with Gasteiger partial charge in [-0.25, -0.2) is 4.79 Å². The van der Waals surface area contributed by atoms with E-state index in [1.54, 1.807) is 6.07 Å². The number of nitro benzene ring substituents is 2. The summed E-state index contributed by atoms with van der Waals surface area (Å²) in [4.78, 5) is 31.6. The third-order valence-electron chi connectivity index (χ3n) is 2.93. The van der Waals surface area contributed by atoms with Crippen molar-refractivity contribution < 1.29 is 23.8 Å². The minimum absolute atomic E-state index is 0.174. The van der Waals surface area contributed by atoms with E-state index < -0.39 is 27.3 Å². The Balaban J connectivity index is 2.13. The number of halogens is 1. The summed E-state index contributed by atoms with van der Waals surface area (Å²) in [6.07, 6.45) is 0. The molecular formula is C14H9FN2O6.